The zero-order valence-corrected chi connectivity index (χ0v) is 24.4. The number of halogens is 2. The smallest absolute Gasteiger partial charge is 0.341 e. The van der Waals surface area contributed by atoms with Gasteiger partial charge in [0.05, 0.1) is 44.6 Å². The third kappa shape index (κ3) is 6.24. The van der Waals surface area contributed by atoms with Crippen molar-refractivity contribution in [3.8, 4) is 11.5 Å². The summed E-state index contributed by atoms with van der Waals surface area (Å²) in [5.74, 6) is -1.04. The Balaban J connectivity index is 1.84. The molecule has 1 aliphatic rings. The number of carbonyl (C=O) groups excluding carboxylic acids is 1. The van der Waals surface area contributed by atoms with Crippen molar-refractivity contribution in [3.05, 3.63) is 88.5 Å². The molecule has 1 atom stereocenters. The van der Waals surface area contributed by atoms with Gasteiger partial charge in [0.2, 0.25) is 0 Å². The lowest BCUT2D eigenvalue weighted by molar-refractivity contribution is -0.140. The van der Waals surface area contributed by atoms with E-state index in [1.807, 2.05) is 26.0 Å². The van der Waals surface area contributed by atoms with Crippen molar-refractivity contribution in [2.24, 2.45) is 4.99 Å². The molecular formula is C28H26Cl2N2O7S. The van der Waals surface area contributed by atoms with Crippen molar-refractivity contribution in [1.29, 1.82) is 0 Å². The van der Waals surface area contributed by atoms with Gasteiger partial charge in [0.1, 0.15) is 5.75 Å². The van der Waals surface area contributed by atoms with Crippen LogP contribution < -0.4 is 24.4 Å². The number of carboxylic acid groups (broad SMARTS) is 1. The van der Waals surface area contributed by atoms with Gasteiger partial charge >= 0.3 is 11.9 Å². The van der Waals surface area contributed by atoms with E-state index in [4.69, 9.17) is 42.5 Å². The van der Waals surface area contributed by atoms with Crippen LogP contribution in [0.3, 0.4) is 0 Å². The number of carbonyl (C=O) groups is 2. The van der Waals surface area contributed by atoms with Crippen LogP contribution >= 0.6 is 34.5 Å². The molecule has 0 amide bonds. The molecule has 0 saturated carbocycles. The van der Waals surface area contributed by atoms with Gasteiger partial charge in [-0.2, -0.15) is 0 Å². The SMILES string of the molecule is CCOC(=O)C1=C(C)N=c2s/c(=C\c3cc(Cl)c(OCC(=O)O)c(Cl)c3)c(=O)n2[C@@H]1c1ccc(OC(C)C)cc1. The number of ether oxygens (including phenoxy) is 3. The van der Waals surface area contributed by atoms with E-state index in [0.29, 0.717) is 31.9 Å². The number of nitrogens with zero attached hydrogens (tertiary/aromatic N) is 2. The Morgan fingerprint density at radius 2 is 1.82 bits per heavy atom. The Labute approximate surface area is 243 Å². The molecule has 1 N–H and O–H groups in total. The summed E-state index contributed by atoms with van der Waals surface area (Å²) in [6.07, 6.45) is 1.59. The minimum atomic E-state index is -1.17. The van der Waals surface area contributed by atoms with Crippen molar-refractivity contribution in [2.75, 3.05) is 13.2 Å². The molecule has 0 fully saturated rings. The zero-order valence-electron chi connectivity index (χ0n) is 22.1. The lowest BCUT2D eigenvalue weighted by Gasteiger charge is -2.25. The van der Waals surface area contributed by atoms with E-state index < -0.39 is 24.6 Å². The number of carboxylic acids is 1. The van der Waals surface area contributed by atoms with E-state index in [1.54, 1.807) is 32.1 Å². The number of fused-ring (bicyclic) bond motifs is 1. The summed E-state index contributed by atoms with van der Waals surface area (Å²) < 4.78 is 18.1. The van der Waals surface area contributed by atoms with Crippen LogP contribution in [0.15, 0.2) is 57.5 Å². The molecule has 210 valence electrons. The molecule has 1 aliphatic heterocycles. The summed E-state index contributed by atoms with van der Waals surface area (Å²) in [6.45, 7) is 6.83. The predicted molar refractivity (Wildman–Crippen MR) is 152 cm³/mol. The minimum Gasteiger partial charge on any atom is -0.491 e. The fourth-order valence-corrected chi connectivity index (χ4v) is 5.85. The van der Waals surface area contributed by atoms with Gasteiger partial charge in [0, 0.05) is 0 Å². The van der Waals surface area contributed by atoms with Gasteiger partial charge in [0.25, 0.3) is 5.56 Å². The Hall–Kier alpha value is -3.60. The maximum atomic E-state index is 13.8. The second-order valence-electron chi connectivity index (χ2n) is 9.03. The lowest BCUT2D eigenvalue weighted by Crippen LogP contribution is -2.39. The molecule has 0 spiro atoms. The van der Waals surface area contributed by atoms with Crippen molar-refractivity contribution < 1.29 is 28.9 Å². The number of esters is 1. The number of thiazole rings is 1. The van der Waals surface area contributed by atoms with Crippen molar-refractivity contribution in [3.63, 3.8) is 0 Å². The second-order valence-corrected chi connectivity index (χ2v) is 10.9. The molecule has 12 heteroatoms. The Morgan fingerprint density at radius 1 is 1.18 bits per heavy atom. The molecule has 2 aromatic carbocycles. The summed E-state index contributed by atoms with van der Waals surface area (Å²) in [6, 6.07) is 9.47. The summed E-state index contributed by atoms with van der Waals surface area (Å²) in [5.41, 5.74) is 1.53. The highest BCUT2D eigenvalue weighted by Crippen LogP contribution is 2.35. The van der Waals surface area contributed by atoms with Gasteiger partial charge in [-0.3, -0.25) is 9.36 Å². The number of aromatic nitrogens is 1. The molecule has 0 unspecified atom stereocenters. The maximum absolute atomic E-state index is 13.8. The van der Waals surface area contributed by atoms with Crippen molar-refractivity contribution in [2.45, 2.75) is 39.8 Å². The minimum absolute atomic E-state index is 0.0134. The quantitative estimate of drug-likeness (QED) is 0.361. The highest BCUT2D eigenvalue weighted by atomic mass is 35.5. The Morgan fingerprint density at radius 3 is 2.40 bits per heavy atom. The van der Waals surface area contributed by atoms with E-state index in [0.717, 1.165) is 11.3 Å². The zero-order chi connectivity index (χ0) is 29.1. The number of hydrogen-bond donors (Lipinski definition) is 1. The molecule has 0 saturated heterocycles. The molecule has 4 rings (SSSR count). The average molecular weight is 605 g/mol. The highest BCUT2D eigenvalue weighted by Gasteiger charge is 2.33. The first-order chi connectivity index (χ1) is 19.0. The number of rotatable bonds is 9. The normalized spacial score (nSPS) is 15.1. The molecule has 0 radical (unpaired) electrons. The van der Waals surface area contributed by atoms with Crippen LogP contribution in [-0.2, 0) is 14.3 Å². The third-order valence-corrected chi connectivity index (χ3v) is 7.29. The Kier molecular flexibility index (Phi) is 9.02. The Bertz CT molecular complexity index is 1650. The summed E-state index contributed by atoms with van der Waals surface area (Å²) in [4.78, 5) is 42.7. The molecular weight excluding hydrogens is 579 g/mol. The predicted octanol–water partition coefficient (Wildman–Crippen LogP) is 4.36. The van der Waals surface area contributed by atoms with E-state index in [-0.39, 0.29) is 39.6 Å². The second kappa shape index (κ2) is 12.3. The van der Waals surface area contributed by atoms with E-state index in [2.05, 4.69) is 4.99 Å². The monoisotopic (exact) mass is 604 g/mol. The number of aliphatic carboxylic acids is 1. The van der Waals surface area contributed by atoms with Crippen LogP contribution in [-0.4, -0.2) is 40.9 Å². The number of hydrogen-bond acceptors (Lipinski definition) is 8. The topological polar surface area (TPSA) is 116 Å². The average Bonchev–Trinajstić information content (AvgIpc) is 3.17. The van der Waals surface area contributed by atoms with Gasteiger partial charge in [-0.05, 0) is 69.2 Å². The number of benzene rings is 2. The molecule has 9 nitrogen and oxygen atoms in total. The van der Waals surface area contributed by atoms with E-state index in [1.165, 1.54) is 16.7 Å². The van der Waals surface area contributed by atoms with Gasteiger partial charge in [-0.15, -0.1) is 0 Å². The molecule has 40 heavy (non-hydrogen) atoms. The largest absolute Gasteiger partial charge is 0.491 e. The number of allylic oxidation sites excluding steroid dienone is 1. The molecule has 1 aromatic heterocycles. The first-order valence-electron chi connectivity index (χ1n) is 12.3. The van der Waals surface area contributed by atoms with Crippen LogP contribution in [0.25, 0.3) is 6.08 Å². The fraction of sp³-hybridized carbons (Fsp3) is 0.286. The van der Waals surface area contributed by atoms with Crippen LogP contribution in [0.5, 0.6) is 11.5 Å². The van der Waals surface area contributed by atoms with Crippen molar-refractivity contribution in [1.82, 2.24) is 4.57 Å². The maximum Gasteiger partial charge on any atom is 0.341 e. The summed E-state index contributed by atoms with van der Waals surface area (Å²) in [5, 5.41) is 9.05. The molecule has 2 heterocycles. The molecule has 0 aliphatic carbocycles. The highest BCUT2D eigenvalue weighted by molar-refractivity contribution is 7.07. The van der Waals surface area contributed by atoms with Crippen LogP contribution in [0.4, 0.5) is 0 Å². The first kappa shape index (κ1) is 29.4. The van der Waals surface area contributed by atoms with Crippen LogP contribution in [0.1, 0.15) is 44.9 Å². The van der Waals surface area contributed by atoms with Gasteiger partial charge < -0.3 is 19.3 Å². The van der Waals surface area contributed by atoms with Gasteiger partial charge in [0.15, 0.2) is 17.2 Å². The van der Waals surface area contributed by atoms with Gasteiger partial charge in [-0.25, -0.2) is 14.6 Å². The van der Waals surface area contributed by atoms with E-state index >= 15 is 0 Å². The first-order valence-corrected chi connectivity index (χ1v) is 13.9. The third-order valence-electron chi connectivity index (χ3n) is 5.74. The lowest BCUT2D eigenvalue weighted by atomic mass is 9.96. The summed E-state index contributed by atoms with van der Waals surface area (Å²) >= 11 is 13.7. The summed E-state index contributed by atoms with van der Waals surface area (Å²) in [7, 11) is 0. The van der Waals surface area contributed by atoms with Crippen LogP contribution in [0.2, 0.25) is 10.0 Å². The molecule has 3 aromatic rings. The van der Waals surface area contributed by atoms with Gasteiger partial charge in [-0.1, -0.05) is 46.7 Å². The molecule has 0 bridgehead atoms. The fourth-order valence-electron chi connectivity index (χ4n) is 4.19. The van der Waals surface area contributed by atoms with Crippen molar-refractivity contribution >= 4 is 52.6 Å². The van der Waals surface area contributed by atoms with Crippen LogP contribution in [0, 0.1) is 0 Å². The van der Waals surface area contributed by atoms with E-state index in [9.17, 15) is 14.4 Å². The standard InChI is InChI=1S/C28H26Cl2N2O7S/c1-5-37-27(36)23-15(4)31-28-32(24(23)17-6-8-18(9-7-17)39-14(2)3)26(35)21(40-28)12-16-10-19(29)25(20(30)11-16)38-13-22(33)34/h6-12,14,24H,5,13H2,1-4H3,(H,33,34)/b21-12-/t24-/m1/s1.